The molecule has 1 amide bonds. The smallest absolute Gasteiger partial charge is 0.280 e. The molecular weight excluding hydrogens is 436 g/mol. The van der Waals surface area contributed by atoms with E-state index in [-0.39, 0.29) is 23.8 Å². The Morgan fingerprint density at radius 3 is 2.44 bits per heavy atom. The van der Waals surface area contributed by atoms with Gasteiger partial charge >= 0.3 is 0 Å². The van der Waals surface area contributed by atoms with Gasteiger partial charge in [0.25, 0.3) is 11.6 Å². The zero-order chi connectivity index (χ0) is 24.5. The topological polar surface area (TPSA) is 108 Å². The molecule has 3 aromatic carbocycles. The van der Waals surface area contributed by atoms with Gasteiger partial charge < -0.3 is 14.8 Å². The van der Waals surface area contributed by atoms with E-state index in [0.29, 0.717) is 29.4 Å². The Labute approximate surface area is 197 Å². The number of carbonyl (C=O) groups excluding carboxylic acids is 2. The lowest BCUT2D eigenvalue weighted by molar-refractivity contribution is -0.385. The van der Waals surface area contributed by atoms with Crippen LogP contribution in [0.5, 0.6) is 11.5 Å². The molecule has 8 heteroatoms. The van der Waals surface area contributed by atoms with Crippen LogP contribution in [0.2, 0.25) is 0 Å². The Hall–Kier alpha value is -4.46. The average molecular weight is 460 g/mol. The summed E-state index contributed by atoms with van der Waals surface area (Å²) >= 11 is 0. The Balaban J connectivity index is 1.68. The molecule has 0 unspecified atom stereocenters. The zero-order valence-corrected chi connectivity index (χ0v) is 18.8. The van der Waals surface area contributed by atoms with Crippen molar-refractivity contribution in [3.63, 3.8) is 0 Å². The van der Waals surface area contributed by atoms with Gasteiger partial charge in [0.2, 0.25) is 0 Å². The van der Waals surface area contributed by atoms with E-state index in [2.05, 4.69) is 5.32 Å². The quantitative estimate of drug-likeness (QED) is 0.192. The number of anilines is 1. The predicted molar refractivity (Wildman–Crippen MR) is 129 cm³/mol. The third-order valence-electron chi connectivity index (χ3n) is 4.76. The summed E-state index contributed by atoms with van der Waals surface area (Å²) in [4.78, 5) is 35.3. The van der Waals surface area contributed by atoms with Gasteiger partial charge in [0.1, 0.15) is 0 Å². The van der Waals surface area contributed by atoms with Crippen molar-refractivity contribution < 1.29 is 24.0 Å². The lowest BCUT2D eigenvalue weighted by Gasteiger charge is -2.13. The number of hydrogen-bond acceptors (Lipinski definition) is 6. The van der Waals surface area contributed by atoms with Crippen LogP contribution in [0.25, 0.3) is 6.08 Å². The van der Waals surface area contributed by atoms with Crippen LogP contribution in [-0.4, -0.2) is 29.8 Å². The summed E-state index contributed by atoms with van der Waals surface area (Å²) in [6, 6.07) is 18.2. The van der Waals surface area contributed by atoms with Crippen LogP contribution in [0.15, 0.2) is 72.8 Å². The van der Waals surface area contributed by atoms with Gasteiger partial charge in [-0.1, -0.05) is 42.0 Å². The molecule has 0 saturated heterocycles. The molecule has 0 saturated carbocycles. The Bertz CT molecular complexity index is 1220. The number of amides is 1. The summed E-state index contributed by atoms with van der Waals surface area (Å²) in [7, 11) is 0. The lowest BCUT2D eigenvalue weighted by atomic mass is 10.1. The maximum Gasteiger partial charge on any atom is 0.280 e. The van der Waals surface area contributed by atoms with Crippen molar-refractivity contribution in [3.8, 4) is 11.5 Å². The Morgan fingerprint density at radius 1 is 1.00 bits per heavy atom. The maximum absolute atomic E-state index is 12.5. The maximum atomic E-state index is 12.5. The summed E-state index contributed by atoms with van der Waals surface area (Å²) < 4.78 is 11.3. The predicted octanol–water partition coefficient (Wildman–Crippen LogP) is 5.22. The minimum absolute atomic E-state index is 0.00771. The first kappa shape index (κ1) is 24.2. The van der Waals surface area contributed by atoms with Gasteiger partial charge in [-0.15, -0.1) is 0 Å². The first-order valence-corrected chi connectivity index (χ1v) is 10.6. The minimum atomic E-state index is -0.588. The van der Waals surface area contributed by atoms with Gasteiger partial charge in [-0.05, 0) is 55.8 Å². The highest BCUT2D eigenvalue weighted by Gasteiger charge is 2.17. The standard InChI is InChI=1S/C26H24N2O6/c1-3-33-25-16-19(10-14-23(29)21-6-4-5-7-22(21)28(31)32)11-15-24(25)34-17-26(30)27-20-12-8-18(2)9-13-20/h4-16H,3,17H2,1-2H3,(H,27,30)/b14-10+. The SMILES string of the molecule is CCOc1cc(/C=C/C(=O)c2ccccc2[N+](=O)[O-])ccc1OCC(=O)Nc1ccc(C)cc1. The second-order valence-corrected chi connectivity index (χ2v) is 7.31. The third kappa shape index (κ3) is 6.52. The van der Waals surface area contributed by atoms with Gasteiger partial charge in [-0.3, -0.25) is 19.7 Å². The molecule has 0 radical (unpaired) electrons. The van der Waals surface area contributed by atoms with Gasteiger partial charge in [0.05, 0.1) is 17.1 Å². The second-order valence-electron chi connectivity index (χ2n) is 7.31. The monoisotopic (exact) mass is 460 g/mol. The van der Waals surface area contributed by atoms with E-state index in [1.807, 2.05) is 38.1 Å². The molecule has 3 aromatic rings. The van der Waals surface area contributed by atoms with Crippen molar-refractivity contribution in [1.82, 2.24) is 0 Å². The Morgan fingerprint density at radius 2 is 1.74 bits per heavy atom. The van der Waals surface area contributed by atoms with Crippen LogP contribution in [0, 0.1) is 17.0 Å². The number of nitrogens with zero attached hydrogens (tertiary/aromatic N) is 1. The highest BCUT2D eigenvalue weighted by Crippen LogP contribution is 2.29. The lowest BCUT2D eigenvalue weighted by Crippen LogP contribution is -2.20. The van der Waals surface area contributed by atoms with Crippen molar-refractivity contribution >= 4 is 29.1 Å². The number of ether oxygens (including phenoxy) is 2. The highest BCUT2D eigenvalue weighted by molar-refractivity contribution is 6.09. The number of allylic oxidation sites excluding steroid dienone is 1. The second kappa shape index (κ2) is 11.4. The van der Waals surface area contributed by atoms with E-state index in [1.54, 1.807) is 24.3 Å². The molecule has 0 bridgehead atoms. The summed E-state index contributed by atoms with van der Waals surface area (Å²) in [6.45, 7) is 3.94. The van der Waals surface area contributed by atoms with E-state index >= 15 is 0 Å². The van der Waals surface area contributed by atoms with Crippen molar-refractivity contribution in [2.75, 3.05) is 18.5 Å². The van der Waals surface area contributed by atoms with Crippen LogP contribution >= 0.6 is 0 Å². The molecule has 0 aliphatic heterocycles. The fourth-order valence-corrected chi connectivity index (χ4v) is 3.10. The number of para-hydroxylation sites is 1. The van der Waals surface area contributed by atoms with Crippen LogP contribution in [0.4, 0.5) is 11.4 Å². The van der Waals surface area contributed by atoms with E-state index < -0.39 is 10.7 Å². The molecule has 0 fully saturated rings. The summed E-state index contributed by atoms with van der Waals surface area (Å²) in [6.07, 6.45) is 2.80. The number of rotatable bonds is 10. The number of benzene rings is 3. The number of ketones is 1. The molecular formula is C26H24N2O6. The summed E-state index contributed by atoms with van der Waals surface area (Å²) in [5.74, 6) is -0.0160. The molecule has 0 aromatic heterocycles. The zero-order valence-electron chi connectivity index (χ0n) is 18.8. The van der Waals surface area contributed by atoms with Gasteiger partial charge in [-0.2, -0.15) is 0 Å². The largest absolute Gasteiger partial charge is 0.490 e. The van der Waals surface area contributed by atoms with Gasteiger partial charge in [-0.25, -0.2) is 0 Å². The molecule has 0 aliphatic rings. The summed E-state index contributed by atoms with van der Waals surface area (Å²) in [5, 5.41) is 13.9. The van der Waals surface area contributed by atoms with Gasteiger partial charge in [0.15, 0.2) is 23.9 Å². The number of aryl methyl sites for hydroxylation is 1. The third-order valence-corrected chi connectivity index (χ3v) is 4.76. The number of hydrogen-bond donors (Lipinski definition) is 1. The first-order chi connectivity index (χ1) is 16.4. The van der Waals surface area contributed by atoms with Crippen molar-refractivity contribution in [2.24, 2.45) is 0 Å². The number of carbonyl (C=O) groups is 2. The van der Waals surface area contributed by atoms with Crippen molar-refractivity contribution in [3.05, 3.63) is 99.6 Å². The molecule has 0 atom stereocenters. The molecule has 34 heavy (non-hydrogen) atoms. The fourth-order valence-electron chi connectivity index (χ4n) is 3.10. The van der Waals surface area contributed by atoms with E-state index in [0.717, 1.165) is 5.56 Å². The van der Waals surface area contributed by atoms with E-state index in [4.69, 9.17) is 9.47 Å². The molecule has 0 heterocycles. The molecule has 8 nitrogen and oxygen atoms in total. The molecule has 1 N–H and O–H groups in total. The Kier molecular flexibility index (Phi) is 8.12. The first-order valence-electron chi connectivity index (χ1n) is 10.6. The van der Waals surface area contributed by atoms with Crippen LogP contribution in [0.1, 0.15) is 28.4 Å². The number of nitro groups is 1. The number of nitro benzene ring substituents is 1. The highest BCUT2D eigenvalue weighted by atomic mass is 16.6. The van der Waals surface area contributed by atoms with Crippen LogP contribution < -0.4 is 14.8 Å². The molecule has 0 spiro atoms. The van der Waals surface area contributed by atoms with E-state index in [9.17, 15) is 19.7 Å². The average Bonchev–Trinajstić information content (AvgIpc) is 2.83. The van der Waals surface area contributed by atoms with Crippen molar-refractivity contribution in [2.45, 2.75) is 13.8 Å². The fraction of sp³-hybridized carbons (Fsp3) is 0.154. The van der Waals surface area contributed by atoms with Crippen LogP contribution in [-0.2, 0) is 4.79 Å². The molecule has 3 rings (SSSR count). The van der Waals surface area contributed by atoms with E-state index in [1.165, 1.54) is 30.4 Å². The summed E-state index contributed by atoms with van der Waals surface area (Å²) in [5.41, 5.74) is 2.15. The molecule has 174 valence electrons. The number of nitrogens with one attached hydrogen (secondary N) is 1. The van der Waals surface area contributed by atoms with Crippen molar-refractivity contribution in [1.29, 1.82) is 0 Å². The normalized spacial score (nSPS) is 10.6. The van der Waals surface area contributed by atoms with Crippen LogP contribution in [0.3, 0.4) is 0 Å². The minimum Gasteiger partial charge on any atom is -0.490 e. The van der Waals surface area contributed by atoms with Gasteiger partial charge in [0, 0.05) is 11.8 Å². The molecule has 0 aliphatic carbocycles.